The van der Waals surface area contributed by atoms with E-state index >= 15 is 0 Å². The Bertz CT molecular complexity index is 1150. The number of sulfonamides is 1. The molecule has 0 aromatic heterocycles. The van der Waals surface area contributed by atoms with Crippen molar-refractivity contribution < 1.29 is 17.9 Å². The second-order valence-corrected chi connectivity index (χ2v) is 9.16. The van der Waals surface area contributed by atoms with Crippen LogP contribution in [0.4, 0.5) is 5.69 Å². The van der Waals surface area contributed by atoms with Crippen LogP contribution in [0, 0.1) is 0 Å². The lowest BCUT2D eigenvalue weighted by atomic mass is 10.2. The molecule has 1 aliphatic rings. The van der Waals surface area contributed by atoms with Gasteiger partial charge in [-0.2, -0.15) is 0 Å². The zero-order valence-electron chi connectivity index (χ0n) is 15.2. The van der Waals surface area contributed by atoms with Gasteiger partial charge in [-0.15, -0.1) is 0 Å². The molecule has 0 radical (unpaired) electrons. The Labute approximate surface area is 179 Å². The number of anilines is 1. The summed E-state index contributed by atoms with van der Waals surface area (Å²) >= 11 is 12.2. The SMILES string of the molecule is O=S(=O)(c1ccc2c(c1)OCCO2)N(Cc1cccc(Cl)c1)c1cccc(Cl)c1. The number of benzene rings is 3. The summed E-state index contributed by atoms with van der Waals surface area (Å²) in [5.74, 6) is 0.936. The molecule has 0 fully saturated rings. The van der Waals surface area contributed by atoms with Crippen molar-refractivity contribution in [3.8, 4) is 11.5 Å². The molecule has 29 heavy (non-hydrogen) atoms. The zero-order valence-corrected chi connectivity index (χ0v) is 17.5. The first kappa shape index (κ1) is 19.9. The summed E-state index contributed by atoms with van der Waals surface area (Å²) in [6, 6.07) is 18.4. The van der Waals surface area contributed by atoms with Crippen molar-refractivity contribution in [3.05, 3.63) is 82.3 Å². The van der Waals surface area contributed by atoms with E-state index in [1.807, 2.05) is 6.07 Å². The second-order valence-electron chi connectivity index (χ2n) is 6.43. The molecule has 150 valence electrons. The quantitative estimate of drug-likeness (QED) is 0.539. The molecule has 8 heteroatoms. The highest BCUT2D eigenvalue weighted by Gasteiger charge is 2.27. The Morgan fingerprint density at radius 1 is 0.828 bits per heavy atom. The van der Waals surface area contributed by atoms with Gasteiger partial charge in [-0.25, -0.2) is 8.42 Å². The molecule has 1 aliphatic heterocycles. The van der Waals surface area contributed by atoms with Crippen molar-refractivity contribution in [2.45, 2.75) is 11.4 Å². The van der Waals surface area contributed by atoms with Crippen molar-refractivity contribution in [2.75, 3.05) is 17.5 Å². The Hall–Kier alpha value is -2.41. The largest absolute Gasteiger partial charge is 0.486 e. The average Bonchev–Trinajstić information content (AvgIpc) is 2.71. The highest BCUT2D eigenvalue weighted by molar-refractivity contribution is 7.92. The van der Waals surface area contributed by atoms with Gasteiger partial charge in [0.05, 0.1) is 17.1 Å². The van der Waals surface area contributed by atoms with Crippen LogP contribution in [0.15, 0.2) is 71.6 Å². The fraction of sp³-hybridized carbons (Fsp3) is 0.143. The average molecular weight is 450 g/mol. The van der Waals surface area contributed by atoms with Crippen LogP contribution in [0.2, 0.25) is 10.0 Å². The van der Waals surface area contributed by atoms with Crippen molar-refractivity contribution in [1.82, 2.24) is 0 Å². The Balaban J connectivity index is 1.79. The highest BCUT2D eigenvalue weighted by atomic mass is 35.5. The van der Waals surface area contributed by atoms with Gasteiger partial charge in [0.2, 0.25) is 0 Å². The molecule has 4 rings (SSSR count). The topological polar surface area (TPSA) is 55.8 Å². The van der Waals surface area contributed by atoms with E-state index in [2.05, 4.69) is 0 Å². The lowest BCUT2D eigenvalue weighted by molar-refractivity contribution is 0.171. The van der Waals surface area contributed by atoms with Crippen LogP contribution < -0.4 is 13.8 Å². The number of ether oxygens (including phenoxy) is 2. The van der Waals surface area contributed by atoms with Gasteiger partial charge >= 0.3 is 0 Å². The number of hydrogen-bond acceptors (Lipinski definition) is 4. The molecule has 5 nitrogen and oxygen atoms in total. The second kappa shape index (κ2) is 8.14. The predicted octanol–water partition coefficient (Wildman–Crippen LogP) is 5.16. The summed E-state index contributed by atoms with van der Waals surface area (Å²) in [5.41, 5.74) is 1.20. The first-order valence-corrected chi connectivity index (χ1v) is 11.1. The third-order valence-electron chi connectivity index (χ3n) is 4.41. The van der Waals surface area contributed by atoms with Crippen LogP contribution in [-0.4, -0.2) is 21.6 Å². The molecule has 3 aromatic carbocycles. The Kier molecular flexibility index (Phi) is 5.58. The minimum atomic E-state index is -3.92. The van der Waals surface area contributed by atoms with Gasteiger partial charge < -0.3 is 9.47 Å². The number of nitrogens with zero attached hydrogens (tertiary/aromatic N) is 1. The summed E-state index contributed by atoms with van der Waals surface area (Å²) in [6.07, 6.45) is 0. The molecule has 0 aliphatic carbocycles. The van der Waals surface area contributed by atoms with Crippen molar-refractivity contribution in [3.63, 3.8) is 0 Å². The predicted molar refractivity (Wildman–Crippen MR) is 114 cm³/mol. The van der Waals surface area contributed by atoms with Crippen LogP contribution in [0.3, 0.4) is 0 Å². The summed E-state index contributed by atoms with van der Waals surface area (Å²) in [6.45, 7) is 0.900. The Morgan fingerprint density at radius 3 is 2.24 bits per heavy atom. The molecule has 3 aromatic rings. The molecule has 0 N–H and O–H groups in total. The normalized spacial score (nSPS) is 13.2. The standard InChI is InChI=1S/C21H17Cl2NO4S/c22-16-4-1-3-15(11-16)14-24(18-6-2-5-17(23)12-18)29(25,26)19-7-8-20-21(13-19)28-10-9-27-20/h1-8,11-13H,9-10,14H2. The minimum Gasteiger partial charge on any atom is -0.486 e. The summed E-state index contributed by atoms with van der Waals surface area (Å²) in [4.78, 5) is 0.101. The summed E-state index contributed by atoms with van der Waals surface area (Å²) in [5, 5.41) is 0.973. The molecule has 0 atom stereocenters. The van der Waals surface area contributed by atoms with Gasteiger partial charge in [-0.05, 0) is 48.0 Å². The zero-order chi connectivity index (χ0) is 20.4. The first-order chi connectivity index (χ1) is 13.9. The molecule has 0 saturated heterocycles. The van der Waals surface area contributed by atoms with Crippen LogP contribution >= 0.6 is 23.2 Å². The maximum Gasteiger partial charge on any atom is 0.264 e. The van der Waals surface area contributed by atoms with E-state index in [0.29, 0.717) is 40.4 Å². The number of fused-ring (bicyclic) bond motifs is 1. The van der Waals surface area contributed by atoms with Gasteiger partial charge in [0.1, 0.15) is 13.2 Å². The first-order valence-electron chi connectivity index (χ1n) is 8.86. The monoisotopic (exact) mass is 449 g/mol. The smallest absolute Gasteiger partial charge is 0.264 e. The van der Waals surface area contributed by atoms with E-state index in [1.54, 1.807) is 48.5 Å². The fourth-order valence-corrected chi connectivity index (χ4v) is 4.92. The highest BCUT2D eigenvalue weighted by Crippen LogP contribution is 2.35. The lowest BCUT2D eigenvalue weighted by Gasteiger charge is -2.26. The number of hydrogen-bond donors (Lipinski definition) is 0. The van der Waals surface area contributed by atoms with Crippen molar-refractivity contribution in [1.29, 1.82) is 0 Å². The minimum absolute atomic E-state index is 0.0949. The van der Waals surface area contributed by atoms with E-state index in [9.17, 15) is 8.42 Å². The van der Waals surface area contributed by atoms with Gasteiger partial charge in [0.25, 0.3) is 10.0 Å². The molecule has 0 spiro atoms. The van der Waals surface area contributed by atoms with Crippen LogP contribution in [0.1, 0.15) is 5.56 Å². The lowest BCUT2D eigenvalue weighted by Crippen LogP contribution is -2.30. The fourth-order valence-electron chi connectivity index (χ4n) is 3.06. The van der Waals surface area contributed by atoms with E-state index in [4.69, 9.17) is 32.7 Å². The third-order valence-corrected chi connectivity index (χ3v) is 6.65. The van der Waals surface area contributed by atoms with Crippen molar-refractivity contribution >= 4 is 38.9 Å². The van der Waals surface area contributed by atoms with E-state index in [-0.39, 0.29) is 11.4 Å². The van der Waals surface area contributed by atoms with Crippen molar-refractivity contribution in [2.24, 2.45) is 0 Å². The van der Waals surface area contributed by atoms with Gasteiger partial charge in [0.15, 0.2) is 11.5 Å². The van der Waals surface area contributed by atoms with E-state index in [0.717, 1.165) is 5.56 Å². The van der Waals surface area contributed by atoms with Gasteiger partial charge in [-0.3, -0.25) is 4.31 Å². The Morgan fingerprint density at radius 2 is 1.52 bits per heavy atom. The van der Waals surface area contributed by atoms with Crippen LogP contribution in [0.5, 0.6) is 11.5 Å². The van der Waals surface area contributed by atoms with Crippen LogP contribution in [-0.2, 0) is 16.6 Å². The van der Waals surface area contributed by atoms with Gasteiger partial charge in [0, 0.05) is 16.1 Å². The van der Waals surface area contributed by atoms with E-state index < -0.39 is 10.0 Å². The maximum atomic E-state index is 13.6. The number of rotatable bonds is 5. The maximum absolute atomic E-state index is 13.6. The molecule has 0 amide bonds. The summed E-state index contributed by atoms with van der Waals surface area (Å²) in [7, 11) is -3.92. The van der Waals surface area contributed by atoms with Crippen LogP contribution in [0.25, 0.3) is 0 Å². The molecule has 1 heterocycles. The molecule has 0 unspecified atom stereocenters. The van der Waals surface area contributed by atoms with Gasteiger partial charge in [-0.1, -0.05) is 41.4 Å². The number of halogens is 2. The molecular weight excluding hydrogens is 433 g/mol. The molecule has 0 saturated carbocycles. The summed E-state index contributed by atoms with van der Waals surface area (Å²) < 4.78 is 39.5. The molecule has 0 bridgehead atoms. The molecular formula is C21H17Cl2NO4S. The van der Waals surface area contributed by atoms with E-state index in [1.165, 1.54) is 16.4 Å². The third kappa shape index (κ3) is 4.29.